The third kappa shape index (κ3) is 5.17. The maximum absolute atomic E-state index is 4.75. The minimum atomic E-state index is 0.134. The van der Waals surface area contributed by atoms with Gasteiger partial charge < -0.3 is 15.2 Å². The standard InChI is InChI=1S/C21H26N6/c1-16(19-12-8-5-9-13-19)24-21(22-14-18-10-6-4-7-11-18)23-15-20-26-25-17(2)27(20)3/h4-13,16H,14-15H2,1-3H3,(H2,22,23,24). The van der Waals surface area contributed by atoms with Crippen LogP contribution in [-0.2, 0) is 20.1 Å². The third-order valence-corrected chi connectivity index (χ3v) is 4.51. The monoisotopic (exact) mass is 362 g/mol. The first kappa shape index (κ1) is 18.6. The Hall–Kier alpha value is -3.15. The fraction of sp³-hybridized carbons (Fsp3) is 0.286. The molecule has 6 nitrogen and oxygen atoms in total. The molecule has 3 aromatic rings. The SMILES string of the molecule is Cc1nnc(CNC(=NCc2ccccc2)NC(C)c2ccccc2)n1C. The van der Waals surface area contributed by atoms with Crippen LogP contribution in [-0.4, -0.2) is 20.7 Å². The van der Waals surface area contributed by atoms with Crippen molar-refractivity contribution in [2.75, 3.05) is 0 Å². The van der Waals surface area contributed by atoms with E-state index in [1.54, 1.807) is 0 Å². The molecule has 6 heteroatoms. The van der Waals surface area contributed by atoms with Gasteiger partial charge in [-0.2, -0.15) is 0 Å². The summed E-state index contributed by atoms with van der Waals surface area (Å²) in [5, 5.41) is 15.2. The quantitative estimate of drug-likeness (QED) is 0.522. The van der Waals surface area contributed by atoms with Crippen LogP contribution in [0.3, 0.4) is 0 Å². The van der Waals surface area contributed by atoms with Crippen LogP contribution in [0.25, 0.3) is 0 Å². The van der Waals surface area contributed by atoms with Crippen molar-refractivity contribution in [2.24, 2.45) is 12.0 Å². The number of aromatic nitrogens is 3. The second-order valence-electron chi connectivity index (χ2n) is 6.50. The minimum Gasteiger partial charge on any atom is -0.350 e. The molecule has 0 saturated carbocycles. The largest absolute Gasteiger partial charge is 0.350 e. The first-order valence-electron chi connectivity index (χ1n) is 9.12. The van der Waals surface area contributed by atoms with Gasteiger partial charge >= 0.3 is 0 Å². The molecule has 140 valence electrons. The van der Waals surface area contributed by atoms with Gasteiger partial charge in [-0.3, -0.25) is 0 Å². The molecule has 1 aromatic heterocycles. The molecule has 1 atom stereocenters. The van der Waals surface area contributed by atoms with E-state index in [0.29, 0.717) is 13.1 Å². The van der Waals surface area contributed by atoms with E-state index < -0.39 is 0 Å². The Kier molecular flexibility index (Phi) is 6.20. The van der Waals surface area contributed by atoms with Crippen molar-refractivity contribution >= 4 is 5.96 Å². The van der Waals surface area contributed by atoms with Crippen LogP contribution >= 0.6 is 0 Å². The zero-order chi connectivity index (χ0) is 19.1. The normalized spacial score (nSPS) is 12.6. The lowest BCUT2D eigenvalue weighted by molar-refractivity contribution is 0.664. The van der Waals surface area contributed by atoms with E-state index in [4.69, 9.17) is 4.99 Å². The molecule has 0 amide bonds. The molecule has 2 aromatic carbocycles. The molecule has 0 spiro atoms. The van der Waals surface area contributed by atoms with Crippen molar-refractivity contribution in [2.45, 2.75) is 33.0 Å². The van der Waals surface area contributed by atoms with Gasteiger partial charge in [-0.15, -0.1) is 10.2 Å². The first-order valence-corrected chi connectivity index (χ1v) is 9.12. The molecule has 2 N–H and O–H groups in total. The number of hydrogen-bond acceptors (Lipinski definition) is 3. The van der Waals surface area contributed by atoms with Gasteiger partial charge in [0.15, 0.2) is 11.8 Å². The molecular weight excluding hydrogens is 336 g/mol. The predicted molar refractivity (Wildman–Crippen MR) is 108 cm³/mol. The summed E-state index contributed by atoms with van der Waals surface area (Å²) in [7, 11) is 1.97. The zero-order valence-corrected chi connectivity index (χ0v) is 16.1. The summed E-state index contributed by atoms with van der Waals surface area (Å²) in [4.78, 5) is 4.75. The van der Waals surface area contributed by atoms with Crippen LogP contribution in [0.15, 0.2) is 65.7 Å². The van der Waals surface area contributed by atoms with E-state index in [2.05, 4.69) is 52.0 Å². The maximum atomic E-state index is 4.75. The fourth-order valence-corrected chi connectivity index (χ4v) is 2.70. The summed E-state index contributed by atoms with van der Waals surface area (Å²) in [5.74, 6) is 2.50. The van der Waals surface area contributed by atoms with Crippen molar-refractivity contribution < 1.29 is 0 Å². The molecule has 0 aliphatic rings. The number of nitrogens with one attached hydrogen (secondary N) is 2. The Labute approximate surface area is 160 Å². The van der Waals surface area contributed by atoms with E-state index in [1.165, 1.54) is 11.1 Å². The average Bonchev–Trinajstić information content (AvgIpc) is 3.03. The van der Waals surface area contributed by atoms with Gasteiger partial charge in [0.25, 0.3) is 0 Å². The summed E-state index contributed by atoms with van der Waals surface area (Å²) in [6, 6.07) is 20.7. The van der Waals surface area contributed by atoms with Gasteiger partial charge in [-0.25, -0.2) is 4.99 Å². The van der Waals surface area contributed by atoms with E-state index in [0.717, 1.165) is 17.6 Å². The lowest BCUT2D eigenvalue weighted by atomic mass is 10.1. The highest BCUT2D eigenvalue weighted by Crippen LogP contribution is 2.11. The van der Waals surface area contributed by atoms with Crippen LogP contribution in [0, 0.1) is 6.92 Å². The molecule has 27 heavy (non-hydrogen) atoms. The summed E-state index contributed by atoms with van der Waals surface area (Å²) in [6.07, 6.45) is 0. The summed E-state index contributed by atoms with van der Waals surface area (Å²) in [5.41, 5.74) is 2.38. The van der Waals surface area contributed by atoms with Crippen LogP contribution in [0.5, 0.6) is 0 Å². The molecular formula is C21H26N6. The number of guanidine groups is 1. The molecule has 1 heterocycles. The van der Waals surface area contributed by atoms with Crippen molar-refractivity contribution in [3.05, 3.63) is 83.4 Å². The van der Waals surface area contributed by atoms with Gasteiger partial charge in [0.05, 0.1) is 19.1 Å². The number of aryl methyl sites for hydroxylation is 1. The van der Waals surface area contributed by atoms with E-state index >= 15 is 0 Å². The van der Waals surface area contributed by atoms with Crippen LogP contribution in [0.4, 0.5) is 0 Å². The van der Waals surface area contributed by atoms with E-state index in [1.807, 2.05) is 54.9 Å². The first-order chi connectivity index (χ1) is 13.1. The highest BCUT2D eigenvalue weighted by molar-refractivity contribution is 5.80. The topological polar surface area (TPSA) is 67.1 Å². The Morgan fingerprint density at radius 2 is 1.70 bits per heavy atom. The van der Waals surface area contributed by atoms with E-state index in [9.17, 15) is 0 Å². The van der Waals surface area contributed by atoms with Gasteiger partial charge in [0.1, 0.15) is 5.82 Å². The highest BCUT2D eigenvalue weighted by Gasteiger charge is 2.10. The molecule has 0 radical (unpaired) electrons. The molecule has 0 bridgehead atoms. The predicted octanol–water partition coefficient (Wildman–Crippen LogP) is 3.12. The fourth-order valence-electron chi connectivity index (χ4n) is 2.70. The molecule has 3 rings (SSSR count). The average molecular weight is 362 g/mol. The molecule has 0 fully saturated rings. The van der Waals surface area contributed by atoms with Crippen molar-refractivity contribution in [1.82, 2.24) is 25.4 Å². The zero-order valence-electron chi connectivity index (χ0n) is 16.1. The Balaban J connectivity index is 1.72. The lowest BCUT2D eigenvalue weighted by Gasteiger charge is -2.18. The minimum absolute atomic E-state index is 0.134. The highest BCUT2D eigenvalue weighted by atomic mass is 15.3. The second-order valence-corrected chi connectivity index (χ2v) is 6.50. The smallest absolute Gasteiger partial charge is 0.192 e. The second kappa shape index (κ2) is 8.98. The number of rotatable bonds is 6. The van der Waals surface area contributed by atoms with Gasteiger partial charge in [-0.1, -0.05) is 60.7 Å². The molecule has 1 unspecified atom stereocenters. The van der Waals surface area contributed by atoms with Gasteiger partial charge in [0.2, 0.25) is 0 Å². The Morgan fingerprint density at radius 1 is 1.04 bits per heavy atom. The third-order valence-electron chi connectivity index (χ3n) is 4.51. The number of nitrogens with zero attached hydrogens (tertiary/aromatic N) is 4. The van der Waals surface area contributed by atoms with Crippen LogP contribution in [0.1, 0.15) is 35.7 Å². The Morgan fingerprint density at radius 3 is 2.33 bits per heavy atom. The van der Waals surface area contributed by atoms with Crippen LogP contribution in [0.2, 0.25) is 0 Å². The summed E-state index contributed by atoms with van der Waals surface area (Å²) < 4.78 is 1.97. The number of aliphatic imine (C=N–C) groups is 1. The number of hydrogen-bond donors (Lipinski definition) is 2. The van der Waals surface area contributed by atoms with Crippen molar-refractivity contribution in [3.8, 4) is 0 Å². The molecule has 0 saturated heterocycles. The molecule has 0 aliphatic carbocycles. The summed E-state index contributed by atoms with van der Waals surface area (Å²) >= 11 is 0. The van der Waals surface area contributed by atoms with Crippen LogP contribution < -0.4 is 10.6 Å². The van der Waals surface area contributed by atoms with Gasteiger partial charge in [-0.05, 0) is 25.0 Å². The maximum Gasteiger partial charge on any atom is 0.192 e. The lowest BCUT2D eigenvalue weighted by Crippen LogP contribution is -2.39. The number of benzene rings is 2. The Bertz CT molecular complexity index is 870. The van der Waals surface area contributed by atoms with Gasteiger partial charge in [0, 0.05) is 7.05 Å². The summed E-state index contributed by atoms with van der Waals surface area (Å²) in [6.45, 7) is 5.23. The van der Waals surface area contributed by atoms with Crippen molar-refractivity contribution in [3.63, 3.8) is 0 Å². The van der Waals surface area contributed by atoms with E-state index in [-0.39, 0.29) is 6.04 Å². The molecule has 0 aliphatic heterocycles. The van der Waals surface area contributed by atoms with Crippen molar-refractivity contribution in [1.29, 1.82) is 0 Å².